The summed E-state index contributed by atoms with van der Waals surface area (Å²) in [6, 6.07) is 6.29. The van der Waals surface area contributed by atoms with E-state index in [0.717, 1.165) is 17.0 Å². The lowest BCUT2D eigenvalue weighted by Crippen LogP contribution is -2.52. The molecule has 2 atom stereocenters. The van der Waals surface area contributed by atoms with Crippen molar-refractivity contribution >= 4 is 35.9 Å². The third-order valence-corrected chi connectivity index (χ3v) is 5.74. The minimum absolute atomic E-state index is 0.0187. The van der Waals surface area contributed by atoms with E-state index in [0.29, 0.717) is 31.9 Å². The molecule has 1 aromatic carbocycles. The number of nitrogens with zero attached hydrogens (tertiary/aromatic N) is 2. The lowest BCUT2D eigenvalue weighted by Gasteiger charge is -2.24. The number of amides is 5. The molecule has 2 aliphatic heterocycles. The van der Waals surface area contributed by atoms with Crippen LogP contribution in [0, 0.1) is 0 Å². The number of guanidine groups is 1. The number of esters is 1. The molecule has 5 N–H and O–H groups in total. The summed E-state index contributed by atoms with van der Waals surface area (Å²) < 4.78 is 10.5. The molecule has 1 fully saturated rings. The zero-order valence-electron chi connectivity index (χ0n) is 23.0. The van der Waals surface area contributed by atoms with E-state index in [1.54, 1.807) is 45.0 Å². The van der Waals surface area contributed by atoms with Crippen LogP contribution in [0.15, 0.2) is 35.3 Å². The summed E-state index contributed by atoms with van der Waals surface area (Å²) in [7, 11) is 0. The van der Waals surface area contributed by atoms with Gasteiger partial charge in [0.1, 0.15) is 30.8 Å². The first-order valence-corrected chi connectivity index (χ1v) is 13.1. The second-order valence-electron chi connectivity index (χ2n) is 10.2. The van der Waals surface area contributed by atoms with Crippen molar-refractivity contribution in [2.24, 2.45) is 4.99 Å². The largest absolute Gasteiger partial charge is 0.458 e. The van der Waals surface area contributed by atoms with Gasteiger partial charge in [-0.1, -0.05) is 30.3 Å². The Morgan fingerprint density at radius 1 is 1.18 bits per heavy atom. The Hall–Kier alpha value is -4.36. The molecule has 40 heavy (non-hydrogen) atoms. The Kier molecular flexibility index (Phi) is 10.7. The fourth-order valence-corrected chi connectivity index (χ4v) is 3.84. The van der Waals surface area contributed by atoms with E-state index in [4.69, 9.17) is 9.47 Å². The number of imide groups is 1. The van der Waals surface area contributed by atoms with Gasteiger partial charge >= 0.3 is 18.1 Å². The molecule has 5 amide bonds. The summed E-state index contributed by atoms with van der Waals surface area (Å²) in [5, 5.41) is 13.7. The molecule has 2 unspecified atom stereocenters. The monoisotopic (exact) mass is 559 g/mol. The molecule has 0 aromatic heterocycles. The Bertz CT molecular complexity index is 1100. The van der Waals surface area contributed by atoms with Gasteiger partial charge in [0.05, 0.1) is 6.54 Å². The molecule has 0 radical (unpaired) electrons. The SMILES string of the molecule is CC(C)(C)OC(=O)C(CNC(=O)CN1C(=O)NC(CCCNC2=NCCN2)C1=O)NC(=O)OCc1ccccc1. The predicted octanol–water partition coefficient (Wildman–Crippen LogP) is -0.0113. The Morgan fingerprint density at radius 3 is 2.60 bits per heavy atom. The lowest BCUT2D eigenvalue weighted by atomic mass is 10.1. The van der Waals surface area contributed by atoms with Crippen LogP contribution in [-0.2, 0) is 30.5 Å². The van der Waals surface area contributed by atoms with E-state index in [9.17, 15) is 24.0 Å². The highest BCUT2D eigenvalue weighted by atomic mass is 16.6. The first-order chi connectivity index (χ1) is 19.0. The molecule has 3 rings (SSSR count). The van der Waals surface area contributed by atoms with Crippen molar-refractivity contribution in [2.45, 2.75) is 57.9 Å². The molecule has 2 heterocycles. The molecular weight excluding hydrogens is 522 g/mol. The van der Waals surface area contributed by atoms with Gasteiger partial charge in [0.2, 0.25) is 5.91 Å². The summed E-state index contributed by atoms with van der Waals surface area (Å²) in [5.74, 6) is -1.28. The van der Waals surface area contributed by atoms with E-state index in [1.165, 1.54) is 0 Å². The molecule has 0 saturated carbocycles. The summed E-state index contributed by atoms with van der Waals surface area (Å²) >= 11 is 0. The molecule has 1 aromatic rings. The minimum atomic E-state index is -1.27. The zero-order valence-corrected chi connectivity index (χ0v) is 23.0. The number of hydrogen-bond acceptors (Lipinski definition) is 10. The van der Waals surface area contributed by atoms with Crippen LogP contribution >= 0.6 is 0 Å². The Labute approximate surface area is 232 Å². The second kappa shape index (κ2) is 14.1. The first-order valence-electron chi connectivity index (χ1n) is 13.1. The fraction of sp³-hybridized carbons (Fsp3) is 0.538. The Morgan fingerprint density at radius 2 is 1.93 bits per heavy atom. The van der Waals surface area contributed by atoms with Gasteiger partial charge in [0.25, 0.3) is 5.91 Å². The lowest BCUT2D eigenvalue weighted by molar-refractivity contribution is -0.157. The molecule has 1 saturated heterocycles. The third kappa shape index (κ3) is 9.75. The van der Waals surface area contributed by atoms with Gasteiger partial charge in [-0.05, 0) is 39.2 Å². The summed E-state index contributed by atoms with van der Waals surface area (Å²) in [6.45, 7) is 6.15. The number of carbonyl (C=O) groups excluding carboxylic acids is 5. The molecule has 0 bridgehead atoms. The number of rotatable bonds is 12. The van der Waals surface area contributed by atoms with Crippen LogP contribution < -0.4 is 26.6 Å². The van der Waals surface area contributed by atoms with Crippen LogP contribution in [-0.4, -0.2) is 91.2 Å². The standard InChI is InChI=1S/C26H37N7O7/c1-26(2,3)40-22(36)19(32-25(38)39-16-17-8-5-4-6-9-17)14-30-20(34)15-33-21(35)18(31-24(33)37)10-7-11-27-23-28-12-13-29-23/h4-6,8-9,18-19H,7,10-16H2,1-3H3,(H,30,34)(H,31,37)(H,32,38)(H2,27,28,29). The van der Waals surface area contributed by atoms with Crippen molar-refractivity contribution < 1.29 is 33.4 Å². The summed E-state index contributed by atoms with van der Waals surface area (Å²) in [5.41, 5.74) is -0.0937. The highest BCUT2D eigenvalue weighted by Crippen LogP contribution is 2.11. The van der Waals surface area contributed by atoms with Crippen molar-refractivity contribution in [1.82, 2.24) is 31.5 Å². The average Bonchev–Trinajstić information content (AvgIpc) is 3.51. The number of benzene rings is 1. The highest BCUT2D eigenvalue weighted by molar-refractivity contribution is 6.06. The third-order valence-electron chi connectivity index (χ3n) is 5.74. The van der Waals surface area contributed by atoms with E-state index in [-0.39, 0.29) is 13.2 Å². The zero-order chi connectivity index (χ0) is 29.1. The van der Waals surface area contributed by atoms with Gasteiger partial charge in [-0.2, -0.15) is 0 Å². The van der Waals surface area contributed by atoms with Gasteiger partial charge < -0.3 is 36.1 Å². The van der Waals surface area contributed by atoms with Gasteiger partial charge in [0, 0.05) is 19.6 Å². The van der Waals surface area contributed by atoms with Crippen molar-refractivity contribution in [3.05, 3.63) is 35.9 Å². The van der Waals surface area contributed by atoms with E-state index >= 15 is 0 Å². The van der Waals surface area contributed by atoms with Crippen LogP contribution in [0.3, 0.4) is 0 Å². The van der Waals surface area contributed by atoms with Gasteiger partial charge in [-0.3, -0.25) is 19.5 Å². The van der Waals surface area contributed by atoms with Crippen LogP contribution in [0.2, 0.25) is 0 Å². The number of alkyl carbamates (subject to hydrolysis) is 1. The number of hydrogen-bond donors (Lipinski definition) is 5. The van der Waals surface area contributed by atoms with Gasteiger partial charge in [0.15, 0.2) is 5.96 Å². The number of carbonyl (C=O) groups is 5. The maximum Gasteiger partial charge on any atom is 0.408 e. The summed E-state index contributed by atoms with van der Waals surface area (Å²) in [4.78, 5) is 67.7. The van der Waals surface area contributed by atoms with Crippen molar-refractivity contribution in [3.63, 3.8) is 0 Å². The molecule has 0 spiro atoms. The highest BCUT2D eigenvalue weighted by Gasteiger charge is 2.38. The molecule has 14 nitrogen and oxygen atoms in total. The van der Waals surface area contributed by atoms with E-state index < -0.39 is 54.1 Å². The van der Waals surface area contributed by atoms with Crippen molar-refractivity contribution in [2.75, 3.05) is 32.7 Å². The fourth-order valence-electron chi connectivity index (χ4n) is 3.84. The maximum atomic E-state index is 12.7. The second-order valence-corrected chi connectivity index (χ2v) is 10.2. The van der Waals surface area contributed by atoms with Crippen LogP contribution in [0.5, 0.6) is 0 Å². The molecule has 218 valence electrons. The van der Waals surface area contributed by atoms with Gasteiger partial charge in [-0.15, -0.1) is 0 Å². The number of ether oxygens (including phenoxy) is 2. The number of aliphatic imine (C=N–C) groups is 1. The molecule has 0 aliphatic carbocycles. The van der Waals surface area contributed by atoms with Crippen LogP contribution in [0.1, 0.15) is 39.2 Å². The normalized spacial score (nSPS) is 17.3. The van der Waals surface area contributed by atoms with Crippen molar-refractivity contribution in [3.8, 4) is 0 Å². The molecular formula is C26H37N7O7. The predicted molar refractivity (Wildman–Crippen MR) is 144 cm³/mol. The van der Waals surface area contributed by atoms with Gasteiger partial charge in [-0.25, -0.2) is 14.4 Å². The van der Waals surface area contributed by atoms with E-state index in [1.807, 2.05) is 6.07 Å². The minimum Gasteiger partial charge on any atom is -0.458 e. The topological polar surface area (TPSA) is 180 Å². The van der Waals surface area contributed by atoms with E-state index in [2.05, 4.69) is 31.6 Å². The van der Waals surface area contributed by atoms with Crippen molar-refractivity contribution in [1.29, 1.82) is 0 Å². The summed E-state index contributed by atoms with van der Waals surface area (Å²) in [6.07, 6.45) is 0.107. The van der Waals surface area contributed by atoms with Crippen LogP contribution in [0.25, 0.3) is 0 Å². The Balaban J connectivity index is 1.47. The number of nitrogens with one attached hydrogen (secondary N) is 5. The number of urea groups is 1. The quantitative estimate of drug-likeness (QED) is 0.134. The molecule has 2 aliphatic rings. The smallest absolute Gasteiger partial charge is 0.408 e. The first kappa shape index (κ1) is 30.2. The molecule has 14 heteroatoms. The average molecular weight is 560 g/mol. The van der Waals surface area contributed by atoms with Crippen LogP contribution in [0.4, 0.5) is 9.59 Å². The maximum absolute atomic E-state index is 12.7.